The summed E-state index contributed by atoms with van der Waals surface area (Å²) in [4.78, 5) is 2.23. The largest absolute Gasteiger partial charge is 0.497 e. The van der Waals surface area contributed by atoms with Gasteiger partial charge in [0.05, 0.1) is 20.3 Å². The second-order valence-electron chi connectivity index (χ2n) is 4.62. The van der Waals surface area contributed by atoms with Crippen molar-refractivity contribution in [1.82, 2.24) is 4.90 Å². The molecule has 0 heterocycles. The summed E-state index contributed by atoms with van der Waals surface area (Å²) in [5.74, 6) is 1.67. The van der Waals surface area contributed by atoms with E-state index in [2.05, 4.69) is 25.8 Å². The van der Waals surface area contributed by atoms with Crippen LogP contribution in [0.4, 0.5) is 0 Å². The van der Waals surface area contributed by atoms with Crippen molar-refractivity contribution in [3.63, 3.8) is 0 Å². The minimum Gasteiger partial charge on any atom is -0.497 e. The molecule has 0 aromatic heterocycles. The average molecular weight is 252 g/mol. The fraction of sp³-hybridized carbons (Fsp3) is 0.571. The molecule has 1 aromatic rings. The molecular formula is C14H24N2O2. The van der Waals surface area contributed by atoms with Gasteiger partial charge in [-0.3, -0.25) is 4.90 Å². The van der Waals surface area contributed by atoms with Gasteiger partial charge in [0.1, 0.15) is 11.5 Å². The lowest BCUT2D eigenvalue weighted by molar-refractivity contribution is 0.197. The zero-order valence-corrected chi connectivity index (χ0v) is 11.9. The van der Waals surface area contributed by atoms with Crippen LogP contribution in [-0.2, 0) is 0 Å². The third kappa shape index (κ3) is 3.15. The summed E-state index contributed by atoms with van der Waals surface area (Å²) >= 11 is 0. The maximum Gasteiger partial charge on any atom is 0.123 e. The predicted molar refractivity (Wildman–Crippen MR) is 74.2 cm³/mol. The first-order valence-electron chi connectivity index (χ1n) is 6.19. The normalized spacial score (nSPS) is 12.9. The van der Waals surface area contributed by atoms with Crippen molar-refractivity contribution in [2.24, 2.45) is 5.73 Å². The van der Waals surface area contributed by atoms with Gasteiger partial charge in [0.2, 0.25) is 0 Å². The third-order valence-electron chi connectivity index (χ3n) is 3.33. The van der Waals surface area contributed by atoms with Gasteiger partial charge in [0.25, 0.3) is 0 Å². The Labute approximate surface area is 110 Å². The fourth-order valence-electron chi connectivity index (χ4n) is 1.97. The van der Waals surface area contributed by atoms with E-state index in [-0.39, 0.29) is 6.04 Å². The van der Waals surface area contributed by atoms with Crippen molar-refractivity contribution >= 4 is 0 Å². The van der Waals surface area contributed by atoms with Crippen molar-refractivity contribution in [1.29, 1.82) is 0 Å². The zero-order chi connectivity index (χ0) is 13.7. The molecule has 0 saturated carbocycles. The number of likely N-dealkylation sites (N-methyl/N-ethyl adjacent to an activating group) is 1. The summed E-state index contributed by atoms with van der Waals surface area (Å²) in [6.45, 7) is 4.84. The third-order valence-corrected chi connectivity index (χ3v) is 3.33. The standard InChI is InChI=1S/C14H24N2O2/c1-10(2)16(3)13(9-15)12-8-11(17-4)6-7-14(12)18-5/h6-8,10,13H,9,15H2,1-5H3. The van der Waals surface area contributed by atoms with Crippen LogP contribution in [-0.4, -0.2) is 38.8 Å². The van der Waals surface area contributed by atoms with E-state index in [1.54, 1.807) is 14.2 Å². The highest BCUT2D eigenvalue weighted by atomic mass is 16.5. The van der Waals surface area contributed by atoms with E-state index in [0.717, 1.165) is 17.1 Å². The molecule has 0 amide bonds. The highest BCUT2D eigenvalue weighted by Gasteiger charge is 2.21. The second kappa shape index (κ2) is 6.61. The van der Waals surface area contributed by atoms with E-state index >= 15 is 0 Å². The van der Waals surface area contributed by atoms with Gasteiger partial charge in [-0.2, -0.15) is 0 Å². The van der Waals surface area contributed by atoms with E-state index in [1.165, 1.54) is 0 Å². The first-order valence-corrected chi connectivity index (χ1v) is 6.19. The average Bonchev–Trinajstić information content (AvgIpc) is 2.39. The number of hydrogen-bond donors (Lipinski definition) is 1. The molecule has 18 heavy (non-hydrogen) atoms. The number of benzene rings is 1. The summed E-state index contributed by atoms with van der Waals surface area (Å²) in [5, 5.41) is 0. The summed E-state index contributed by atoms with van der Waals surface area (Å²) in [7, 11) is 5.41. The highest BCUT2D eigenvalue weighted by Crippen LogP contribution is 2.32. The Morgan fingerprint density at radius 2 is 1.89 bits per heavy atom. The Kier molecular flexibility index (Phi) is 5.44. The number of nitrogens with two attached hydrogens (primary N) is 1. The van der Waals surface area contributed by atoms with Crippen LogP contribution in [0.15, 0.2) is 18.2 Å². The van der Waals surface area contributed by atoms with Gasteiger partial charge in [0, 0.05) is 18.2 Å². The van der Waals surface area contributed by atoms with Gasteiger partial charge in [0.15, 0.2) is 0 Å². The molecule has 1 rings (SSSR count). The Morgan fingerprint density at radius 3 is 2.33 bits per heavy atom. The number of rotatable bonds is 6. The van der Waals surface area contributed by atoms with Crippen LogP contribution in [0.25, 0.3) is 0 Å². The SMILES string of the molecule is COc1ccc(OC)c(C(CN)N(C)C(C)C)c1. The first kappa shape index (κ1) is 14.8. The molecule has 0 aliphatic heterocycles. The van der Waals surface area contributed by atoms with Crippen LogP contribution < -0.4 is 15.2 Å². The van der Waals surface area contributed by atoms with Gasteiger partial charge in [-0.25, -0.2) is 0 Å². The molecule has 0 bridgehead atoms. The fourth-order valence-corrected chi connectivity index (χ4v) is 1.97. The maximum absolute atomic E-state index is 5.92. The molecule has 102 valence electrons. The summed E-state index contributed by atoms with van der Waals surface area (Å²) < 4.78 is 10.7. The first-order chi connectivity index (χ1) is 8.54. The van der Waals surface area contributed by atoms with Crippen LogP contribution in [0.1, 0.15) is 25.5 Å². The molecule has 0 spiro atoms. The van der Waals surface area contributed by atoms with E-state index < -0.39 is 0 Å². The van der Waals surface area contributed by atoms with Crippen LogP contribution >= 0.6 is 0 Å². The van der Waals surface area contributed by atoms with E-state index in [9.17, 15) is 0 Å². The molecule has 1 unspecified atom stereocenters. The molecule has 1 aromatic carbocycles. The van der Waals surface area contributed by atoms with Crippen molar-refractivity contribution in [2.75, 3.05) is 27.8 Å². The van der Waals surface area contributed by atoms with Crippen molar-refractivity contribution in [3.05, 3.63) is 23.8 Å². The molecule has 4 nitrogen and oxygen atoms in total. The van der Waals surface area contributed by atoms with Gasteiger partial charge in [-0.15, -0.1) is 0 Å². The van der Waals surface area contributed by atoms with Crippen LogP contribution in [0.3, 0.4) is 0 Å². The predicted octanol–water partition coefficient (Wildman–Crippen LogP) is 2.04. The van der Waals surface area contributed by atoms with Crippen molar-refractivity contribution < 1.29 is 9.47 Å². The molecular weight excluding hydrogens is 228 g/mol. The molecule has 0 fully saturated rings. The summed E-state index contributed by atoms with van der Waals surface area (Å²) in [5.41, 5.74) is 6.99. The van der Waals surface area contributed by atoms with E-state index in [4.69, 9.17) is 15.2 Å². The van der Waals surface area contributed by atoms with Crippen molar-refractivity contribution in [2.45, 2.75) is 25.9 Å². The summed E-state index contributed by atoms with van der Waals surface area (Å²) in [6.07, 6.45) is 0. The Balaban J connectivity index is 3.17. The molecule has 0 saturated heterocycles. The minimum absolute atomic E-state index is 0.120. The Morgan fingerprint density at radius 1 is 1.22 bits per heavy atom. The molecule has 1 atom stereocenters. The quantitative estimate of drug-likeness (QED) is 0.841. The van der Waals surface area contributed by atoms with Crippen LogP contribution in [0.2, 0.25) is 0 Å². The number of hydrogen-bond acceptors (Lipinski definition) is 4. The lowest BCUT2D eigenvalue weighted by Gasteiger charge is -2.31. The van der Waals surface area contributed by atoms with E-state index in [0.29, 0.717) is 12.6 Å². The molecule has 2 N–H and O–H groups in total. The van der Waals surface area contributed by atoms with Gasteiger partial charge in [-0.05, 0) is 39.1 Å². The number of ether oxygens (including phenoxy) is 2. The minimum atomic E-state index is 0.120. The molecule has 0 aliphatic rings. The molecule has 0 radical (unpaired) electrons. The molecule has 4 heteroatoms. The molecule has 0 aliphatic carbocycles. The van der Waals surface area contributed by atoms with Gasteiger partial charge in [-0.1, -0.05) is 0 Å². The monoisotopic (exact) mass is 252 g/mol. The highest BCUT2D eigenvalue weighted by molar-refractivity contribution is 5.42. The maximum atomic E-state index is 5.92. The Hall–Kier alpha value is -1.26. The number of methoxy groups -OCH3 is 2. The van der Waals surface area contributed by atoms with Gasteiger partial charge >= 0.3 is 0 Å². The summed E-state index contributed by atoms with van der Waals surface area (Å²) in [6, 6.07) is 6.34. The smallest absolute Gasteiger partial charge is 0.123 e. The van der Waals surface area contributed by atoms with Crippen LogP contribution in [0.5, 0.6) is 11.5 Å². The van der Waals surface area contributed by atoms with Gasteiger partial charge < -0.3 is 15.2 Å². The van der Waals surface area contributed by atoms with Crippen molar-refractivity contribution in [3.8, 4) is 11.5 Å². The lowest BCUT2D eigenvalue weighted by atomic mass is 10.0. The van der Waals surface area contributed by atoms with Crippen LogP contribution in [0, 0.1) is 0 Å². The number of nitrogens with zero attached hydrogens (tertiary/aromatic N) is 1. The lowest BCUT2D eigenvalue weighted by Crippen LogP contribution is -2.35. The topological polar surface area (TPSA) is 47.7 Å². The second-order valence-corrected chi connectivity index (χ2v) is 4.62. The Bertz CT molecular complexity index is 380. The zero-order valence-electron chi connectivity index (χ0n) is 11.9. The van der Waals surface area contributed by atoms with E-state index in [1.807, 2.05) is 18.2 Å².